The van der Waals surface area contributed by atoms with Crippen LogP contribution in [0.2, 0.25) is 0 Å². The SMILES string of the molecule is CON=C(C(=O)NC1C(=O)N2C1CSC(SCc1ccc([N+](=O)[O-])cc1)C2(O)C(=O)OC(C)(C)C)c1csc(NC(c2ccccc2)(c2ccccc2)c2ccccc2)n1. The summed E-state index contributed by atoms with van der Waals surface area (Å²) in [6.07, 6.45) is 0. The van der Waals surface area contributed by atoms with Gasteiger partial charge in [-0.3, -0.25) is 24.6 Å². The van der Waals surface area contributed by atoms with Crippen molar-refractivity contribution in [2.75, 3.05) is 18.2 Å². The topological polar surface area (TPSA) is 186 Å². The van der Waals surface area contributed by atoms with Crippen LogP contribution in [0.15, 0.2) is 126 Å². The lowest BCUT2D eigenvalue weighted by molar-refractivity contribution is -0.384. The molecule has 0 bridgehead atoms. The molecule has 0 radical (unpaired) electrons. The maximum atomic E-state index is 14.0. The van der Waals surface area contributed by atoms with Gasteiger partial charge in [-0.2, -0.15) is 0 Å². The van der Waals surface area contributed by atoms with E-state index in [2.05, 4.69) is 15.8 Å². The van der Waals surface area contributed by atoms with Crippen LogP contribution in [-0.2, 0) is 35.2 Å². The van der Waals surface area contributed by atoms with Gasteiger partial charge in [0.25, 0.3) is 17.3 Å². The number of nitro benzene ring substituents is 1. The summed E-state index contributed by atoms with van der Waals surface area (Å²) in [7, 11) is 1.30. The summed E-state index contributed by atoms with van der Waals surface area (Å²) in [5.41, 5.74) is -0.732. The van der Waals surface area contributed by atoms with Crippen molar-refractivity contribution in [1.29, 1.82) is 0 Å². The number of thiazole rings is 1. The summed E-state index contributed by atoms with van der Waals surface area (Å²) in [5, 5.41) is 36.0. The third-order valence-corrected chi connectivity index (χ3v) is 13.8. The maximum absolute atomic E-state index is 14.0. The van der Waals surface area contributed by atoms with Crippen molar-refractivity contribution in [2.45, 2.75) is 60.1 Å². The van der Waals surface area contributed by atoms with E-state index in [1.807, 2.05) is 91.0 Å². The molecule has 14 nitrogen and oxygen atoms in total. The van der Waals surface area contributed by atoms with E-state index in [9.17, 15) is 29.6 Å². The zero-order valence-electron chi connectivity index (χ0n) is 33.0. The number of β-lactam (4-membered cyclic amide) rings is 1. The second-order valence-electron chi connectivity index (χ2n) is 15.0. The first-order valence-electron chi connectivity index (χ1n) is 18.8. The van der Waals surface area contributed by atoms with E-state index in [1.54, 1.807) is 38.3 Å². The number of benzene rings is 4. The summed E-state index contributed by atoms with van der Waals surface area (Å²) in [6.45, 7) is 4.97. The van der Waals surface area contributed by atoms with Crippen LogP contribution in [0.4, 0.5) is 10.8 Å². The molecule has 2 aliphatic rings. The van der Waals surface area contributed by atoms with E-state index in [4.69, 9.17) is 14.6 Å². The highest BCUT2D eigenvalue weighted by Gasteiger charge is 2.67. The summed E-state index contributed by atoms with van der Waals surface area (Å²) < 4.78 is 4.76. The number of fused-ring (bicyclic) bond motifs is 1. The molecule has 0 saturated carbocycles. The monoisotopic (exact) mass is 866 g/mol. The molecule has 2 amide bonds. The van der Waals surface area contributed by atoms with Gasteiger partial charge in [-0.15, -0.1) is 34.9 Å². The number of thioether (sulfide) groups is 2. The van der Waals surface area contributed by atoms with Crippen molar-refractivity contribution in [2.24, 2.45) is 5.16 Å². The first-order valence-corrected chi connectivity index (χ1v) is 21.8. The second kappa shape index (κ2) is 17.5. The van der Waals surface area contributed by atoms with E-state index in [0.717, 1.165) is 27.2 Å². The molecule has 17 heteroatoms. The van der Waals surface area contributed by atoms with Gasteiger partial charge in [0.05, 0.1) is 11.0 Å². The highest BCUT2D eigenvalue weighted by atomic mass is 32.2. The van der Waals surface area contributed by atoms with E-state index < -0.39 is 56.2 Å². The van der Waals surface area contributed by atoms with Crippen molar-refractivity contribution in [3.8, 4) is 0 Å². The Labute approximate surface area is 358 Å². The van der Waals surface area contributed by atoms with Crippen LogP contribution in [0.3, 0.4) is 0 Å². The zero-order chi connectivity index (χ0) is 42.7. The molecule has 0 spiro atoms. The molecule has 1 aromatic heterocycles. The number of amides is 2. The van der Waals surface area contributed by atoms with Gasteiger partial charge in [-0.25, -0.2) is 9.78 Å². The highest BCUT2D eigenvalue weighted by molar-refractivity contribution is 8.16. The number of carbonyl (C=O) groups is 3. The summed E-state index contributed by atoms with van der Waals surface area (Å²) in [4.78, 5) is 63.5. The van der Waals surface area contributed by atoms with E-state index >= 15 is 0 Å². The van der Waals surface area contributed by atoms with Crippen LogP contribution in [0.5, 0.6) is 0 Å². The number of rotatable bonds is 14. The molecule has 0 aliphatic carbocycles. The molecule has 310 valence electrons. The number of aliphatic hydroxyl groups is 1. The highest BCUT2D eigenvalue weighted by Crippen LogP contribution is 2.48. The van der Waals surface area contributed by atoms with Crippen LogP contribution in [0.1, 0.15) is 48.7 Å². The number of non-ortho nitro benzene ring substituents is 1. The fourth-order valence-electron chi connectivity index (χ4n) is 7.19. The van der Waals surface area contributed by atoms with E-state index in [0.29, 0.717) is 5.13 Å². The zero-order valence-corrected chi connectivity index (χ0v) is 35.5. The molecule has 60 heavy (non-hydrogen) atoms. The van der Waals surface area contributed by atoms with Crippen LogP contribution < -0.4 is 10.6 Å². The molecular weight excluding hydrogens is 825 g/mol. The van der Waals surface area contributed by atoms with Crippen LogP contribution in [0.25, 0.3) is 0 Å². The second-order valence-corrected chi connectivity index (χ2v) is 18.4. The Morgan fingerprint density at radius 3 is 2.05 bits per heavy atom. The fourth-order valence-corrected chi connectivity index (χ4v) is 10.9. The molecule has 3 N–H and O–H groups in total. The fraction of sp³-hybridized carbons (Fsp3) is 0.279. The minimum atomic E-state index is -2.40. The predicted octanol–water partition coefficient (Wildman–Crippen LogP) is 6.54. The number of nitrogens with one attached hydrogen (secondary N) is 2. The van der Waals surface area contributed by atoms with Crippen molar-refractivity contribution in [3.05, 3.63) is 159 Å². The predicted molar refractivity (Wildman–Crippen MR) is 232 cm³/mol. The number of nitrogens with zero attached hydrogens (tertiary/aromatic N) is 4. The van der Waals surface area contributed by atoms with Crippen LogP contribution >= 0.6 is 34.9 Å². The number of carbonyl (C=O) groups excluding carboxylic acids is 3. The number of ether oxygens (including phenoxy) is 1. The van der Waals surface area contributed by atoms with E-state index in [1.165, 1.54) is 54.1 Å². The van der Waals surface area contributed by atoms with Crippen LogP contribution in [-0.4, -0.2) is 84.3 Å². The Morgan fingerprint density at radius 2 is 1.53 bits per heavy atom. The van der Waals surface area contributed by atoms with Crippen molar-refractivity contribution in [3.63, 3.8) is 0 Å². The number of anilines is 1. The molecule has 2 fully saturated rings. The van der Waals surface area contributed by atoms with Gasteiger partial charge in [0.1, 0.15) is 34.6 Å². The van der Waals surface area contributed by atoms with Gasteiger partial charge in [0.15, 0.2) is 10.8 Å². The summed E-state index contributed by atoms with van der Waals surface area (Å²) in [6, 6.07) is 34.0. The normalized spacial score (nSPS) is 20.4. The minimum absolute atomic E-state index is 0.0649. The Morgan fingerprint density at radius 1 is 0.967 bits per heavy atom. The Hall–Kier alpha value is -5.75. The molecule has 5 aromatic rings. The lowest BCUT2D eigenvalue weighted by atomic mass is 9.77. The van der Waals surface area contributed by atoms with Gasteiger partial charge in [-0.1, -0.05) is 108 Å². The lowest BCUT2D eigenvalue weighted by Gasteiger charge is -2.58. The van der Waals surface area contributed by atoms with Gasteiger partial charge >= 0.3 is 5.97 Å². The first-order chi connectivity index (χ1) is 28.8. The van der Waals surface area contributed by atoms with Gasteiger partial charge in [0.2, 0.25) is 5.91 Å². The number of hydrogen-bond donors (Lipinski definition) is 3. The molecule has 4 aromatic carbocycles. The third-order valence-electron chi connectivity index (χ3n) is 9.93. The molecule has 2 saturated heterocycles. The minimum Gasteiger partial charge on any atom is -0.456 e. The Bertz CT molecular complexity index is 2280. The molecule has 7 rings (SSSR count). The van der Waals surface area contributed by atoms with Crippen LogP contribution in [0, 0.1) is 10.1 Å². The van der Waals surface area contributed by atoms with Gasteiger partial charge < -0.3 is 25.3 Å². The molecule has 4 atom stereocenters. The van der Waals surface area contributed by atoms with Crippen molar-refractivity contribution < 1.29 is 34.0 Å². The lowest BCUT2D eigenvalue weighted by Crippen LogP contribution is -2.83. The van der Waals surface area contributed by atoms with Gasteiger partial charge in [0, 0.05) is 29.0 Å². The smallest absolute Gasteiger partial charge is 0.362 e. The number of esters is 1. The summed E-state index contributed by atoms with van der Waals surface area (Å²) in [5.74, 6) is -1.89. The number of oxime groups is 1. The Kier molecular flexibility index (Phi) is 12.3. The summed E-state index contributed by atoms with van der Waals surface area (Å²) >= 11 is 3.72. The Balaban J connectivity index is 1.12. The molecule has 3 heterocycles. The average molecular weight is 867 g/mol. The quantitative estimate of drug-likeness (QED) is 0.0274. The number of nitro groups is 1. The van der Waals surface area contributed by atoms with Gasteiger partial charge in [-0.05, 0) is 43.0 Å². The first kappa shape index (κ1) is 42.4. The standard InChI is InChI=1S/C43H42N6O8S3/c1-41(2,3)57-38(52)43(53)39(58-24-27-20-22-31(23-21-27)49(54)55)59-26-33-35(37(51)48(33)43)45-36(50)34(47-56-4)32-25-60-40(44-32)46-42(28-14-8-5-9-15-28,29-16-10-6-11-17-29)30-18-12-7-13-19-30/h5-23,25,33,35,39,53H,24,26H2,1-4H3,(H,44,46)(H,45,50). The average Bonchev–Trinajstić information content (AvgIpc) is 3.71. The molecule has 2 aliphatic heterocycles. The molecular formula is C43H42N6O8S3. The molecule has 4 unspecified atom stereocenters. The van der Waals surface area contributed by atoms with Crippen molar-refractivity contribution in [1.82, 2.24) is 15.2 Å². The maximum Gasteiger partial charge on any atom is 0.362 e. The van der Waals surface area contributed by atoms with Crippen molar-refractivity contribution >= 4 is 69.2 Å². The largest absolute Gasteiger partial charge is 0.456 e. The third kappa shape index (κ3) is 8.34. The number of hydrogen-bond acceptors (Lipinski definition) is 14. The van der Waals surface area contributed by atoms with E-state index in [-0.39, 0.29) is 28.6 Å². The number of aromatic nitrogens is 1.